The summed E-state index contributed by atoms with van der Waals surface area (Å²) in [5.74, 6) is -0.287. The molecule has 1 heterocycles. The molecule has 0 aliphatic heterocycles. The predicted octanol–water partition coefficient (Wildman–Crippen LogP) is 2.66. The zero-order chi connectivity index (χ0) is 21.1. The van der Waals surface area contributed by atoms with Gasteiger partial charge < -0.3 is 14.2 Å². The fraction of sp³-hybridized carbons (Fsp3) is 0.400. The number of carbonyl (C=O) groups is 2. The van der Waals surface area contributed by atoms with Gasteiger partial charge in [0.25, 0.3) is 5.56 Å². The Kier molecular flexibility index (Phi) is 6.23. The highest BCUT2D eigenvalue weighted by molar-refractivity contribution is 6.00. The van der Waals surface area contributed by atoms with Crippen LogP contribution in [0.1, 0.15) is 48.5 Å². The van der Waals surface area contributed by atoms with Crippen molar-refractivity contribution in [1.29, 1.82) is 0 Å². The number of benzene rings is 1. The van der Waals surface area contributed by atoms with Gasteiger partial charge in [-0.05, 0) is 25.1 Å². The van der Waals surface area contributed by atoms with Crippen LogP contribution in [0.2, 0.25) is 0 Å². The van der Waals surface area contributed by atoms with Crippen molar-refractivity contribution < 1.29 is 23.8 Å². The summed E-state index contributed by atoms with van der Waals surface area (Å²) in [6, 6.07) is 5.90. The maximum Gasteiger partial charge on any atom is 0.343 e. The second-order valence-corrected chi connectivity index (χ2v) is 7.00. The first-order valence-electron chi connectivity index (χ1n) is 8.72. The molecule has 1 aromatic carbocycles. The lowest BCUT2D eigenvalue weighted by Crippen LogP contribution is -2.32. The Morgan fingerprint density at radius 2 is 1.71 bits per heavy atom. The van der Waals surface area contributed by atoms with Gasteiger partial charge in [0.05, 0.1) is 26.5 Å². The minimum Gasteiger partial charge on any atom is -0.493 e. The van der Waals surface area contributed by atoms with Gasteiger partial charge in [-0.25, -0.2) is 4.79 Å². The highest BCUT2D eigenvalue weighted by atomic mass is 16.5. The van der Waals surface area contributed by atoms with Crippen molar-refractivity contribution in [2.24, 2.45) is 5.41 Å². The Morgan fingerprint density at radius 1 is 1.07 bits per heavy atom. The standard InChI is InChI=1S/C20H24N2O6/c1-7-28-19(25)13-11-14(17(23)20(2,3)4)21-22(18(13)24)12-8-9-15(26-5)16(10-12)27-6/h8-11H,7H2,1-6H3. The zero-order valence-corrected chi connectivity index (χ0v) is 16.9. The number of hydrogen-bond acceptors (Lipinski definition) is 7. The summed E-state index contributed by atoms with van der Waals surface area (Å²) in [5, 5.41) is 4.19. The Morgan fingerprint density at radius 3 is 2.25 bits per heavy atom. The van der Waals surface area contributed by atoms with Gasteiger partial charge in [0, 0.05) is 11.5 Å². The maximum atomic E-state index is 12.9. The molecule has 0 saturated heterocycles. The van der Waals surface area contributed by atoms with Gasteiger partial charge in [-0.2, -0.15) is 9.78 Å². The molecule has 0 bridgehead atoms. The van der Waals surface area contributed by atoms with E-state index in [-0.39, 0.29) is 23.6 Å². The average molecular weight is 388 g/mol. The van der Waals surface area contributed by atoms with Crippen LogP contribution in [0.4, 0.5) is 0 Å². The van der Waals surface area contributed by atoms with Crippen LogP contribution in [0.15, 0.2) is 29.1 Å². The van der Waals surface area contributed by atoms with E-state index in [1.807, 2.05) is 0 Å². The SMILES string of the molecule is CCOC(=O)c1cc(C(=O)C(C)(C)C)nn(-c2ccc(OC)c(OC)c2)c1=O. The van der Waals surface area contributed by atoms with E-state index in [4.69, 9.17) is 14.2 Å². The van der Waals surface area contributed by atoms with Crippen molar-refractivity contribution in [3.8, 4) is 17.2 Å². The molecule has 2 aromatic rings. The van der Waals surface area contributed by atoms with Crippen molar-refractivity contribution in [2.75, 3.05) is 20.8 Å². The van der Waals surface area contributed by atoms with Crippen LogP contribution >= 0.6 is 0 Å². The van der Waals surface area contributed by atoms with E-state index in [2.05, 4.69) is 5.10 Å². The van der Waals surface area contributed by atoms with Crippen molar-refractivity contribution in [3.05, 3.63) is 45.9 Å². The minimum absolute atomic E-state index is 0.00932. The molecule has 0 spiro atoms. The van der Waals surface area contributed by atoms with E-state index < -0.39 is 16.9 Å². The number of carbonyl (C=O) groups excluding carboxylic acids is 2. The average Bonchev–Trinajstić information content (AvgIpc) is 2.66. The maximum absolute atomic E-state index is 12.9. The minimum atomic E-state index is -0.813. The van der Waals surface area contributed by atoms with E-state index in [0.29, 0.717) is 17.2 Å². The van der Waals surface area contributed by atoms with Crippen LogP contribution in [0.3, 0.4) is 0 Å². The number of ether oxygens (including phenoxy) is 3. The second-order valence-electron chi connectivity index (χ2n) is 7.00. The molecule has 0 unspecified atom stereocenters. The molecule has 1 aromatic heterocycles. The van der Waals surface area contributed by atoms with Crippen LogP contribution in [0.5, 0.6) is 11.5 Å². The summed E-state index contributed by atoms with van der Waals surface area (Å²) < 4.78 is 16.4. The number of methoxy groups -OCH3 is 2. The number of Topliss-reactive ketones (excluding diaryl/α,β-unsaturated/α-hetero) is 1. The smallest absolute Gasteiger partial charge is 0.343 e. The molecule has 8 heteroatoms. The Hall–Kier alpha value is -3.16. The first kappa shape index (κ1) is 21.1. The summed E-state index contributed by atoms with van der Waals surface area (Å²) >= 11 is 0. The summed E-state index contributed by atoms with van der Waals surface area (Å²) in [5.41, 5.74) is -1.41. The first-order chi connectivity index (χ1) is 13.1. The van der Waals surface area contributed by atoms with Crippen LogP contribution < -0.4 is 15.0 Å². The van der Waals surface area contributed by atoms with Crippen molar-refractivity contribution >= 4 is 11.8 Å². The summed E-state index contributed by atoms with van der Waals surface area (Å²) in [6.45, 7) is 6.92. The van der Waals surface area contributed by atoms with Crippen LogP contribution in [-0.2, 0) is 4.74 Å². The quantitative estimate of drug-likeness (QED) is 0.554. The third kappa shape index (κ3) is 4.21. The van der Waals surface area contributed by atoms with Crippen LogP contribution in [0.25, 0.3) is 5.69 Å². The third-order valence-electron chi connectivity index (χ3n) is 3.93. The molecule has 0 saturated carbocycles. The molecule has 0 N–H and O–H groups in total. The molecule has 2 rings (SSSR count). The Labute approximate surface area is 163 Å². The van der Waals surface area contributed by atoms with E-state index in [9.17, 15) is 14.4 Å². The van der Waals surface area contributed by atoms with Gasteiger partial charge in [0.15, 0.2) is 17.3 Å². The van der Waals surface area contributed by atoms with Crippen LogP contribution in [0, 0.1) is 5.41 Å². The lowest BCUT2D eigenvalue weighted by Gasteiger charge is -2.17. The van der Waals surface area contributed by atoms with Gasteiger partial charge in [-0.1, -0.05) is 20.8 Å². The molecule has 0 radical (unpaired) electrons. The van der Waals surface area contributed by atoms with Gasteiger partial charge in [0.1, 0.15) is 11.3 Å². The van der Waals surface area contributed by atoms with E-state index >= 15 is 0 Å². The van der Waals surface area contributed by atoms with Crippen molar-refractivity contribution in [2.45, 2.75) is 27.7 Å². The Bertz CT molecular complexity index is 956. The highest BCUT2D eigenvalue weighted by Crippen LogP contribution is 2.28. The monoisotopic (exact) mass is 388 g/mol. The predicted molar refractivity (Wildman–Crippen MR) is 103 cm³/mol. The summed E-state index contributed by atoms with van der Waals surface area (Å²) in [6.07, 6.45) is 0. The summed E-state index contributed by atoms with van der Waals surface area (Å²) in [4.78, 5) is 37.9. The van der Waals surface area contributed by atoms with Gasteiger partial charge >= 0.3 is 5.97 Å². The molecular formula is C20H24N2O6. The third-order valence-corrected chi connectivity index (χ3v) is 3.93. The van der Waals surface area contributed by atoms with E-state index in [0.717, 1.165) is 4.68 Å². The fourth-order valence-electron chi connectivity index (χ4n) is 2.48. The van der Waals surface area contributed by atoms with Gasteiger partial charge in [0.2, 0.25) is 0 Å². The zero-order valence-electron chi connectivity index (χ0n) is 16.9. The number of ketones is 1. The molecule has 0 aliphatic carbocycles. The fourth-order valence-corrected chi connectivity index (χ4v) is 2.48. The van der Waals surface area contributed by atoms with Crippen molar-refractivity contribution in [1.82, 2.24) is 9.78 Å². The molecule has 150 valence electrons. The molecule has 0 amide bonds. The van der Waals surface area contributed by atoms with Gasteiger partial charge in [-0.3, -0.25) is 9.59 Å². The lowest BCUT2D eigenvalue weighted by atomic mass is 9.88. The highest BCUT2D eigenvalue weighted by Gasteiger charge is 2.28. The molecular weight excluding hydrogens is 364 g/mol. The summed E-state index contributed by atoms with van der Waals surface area (Å²) in [7, 11) is 2.95. The molecule has 0 atom stereocenters. The van der Waals surface area contributed by atoms with E-state index in [1.54, 1.807) is 39.8 Å². The topological polar surface area (TPSA) is 96.7 Å². The van der Waals surface area contributed by atoms with Crippen LogP contribution in [-0.4, -0.2) is 42.4 Å². The molecule has 28 heavy (non-hydrogen) atoms. The molecule has 0 aliphatic rings. The van der Waals surface area contributed by atoms with Gasteiger partial charge in [-0.15, -0.1) is 0 Å². The number of nitrogens with zero attached hydrogens (tertiary/aromatic N) is 2. The molecule has 0 fully saturated rings. The van der Waals surface area contributed by atoms with Crippen molar-refractivity contribution in [3.63, 3.8) is 0 Å². The Balaban J connectivity index is 2.76. The lowest BCUT2D eigenvalue weighted by molar-refractivity contribution is 0.0523. The number of aromatic nitrogens is 2. The number of rotatable bonds is 6. The largest absolute Gasteiger partial charge is 0.493 e. The second kappa shape index (κ2) is 8.24. The number of hydrogen-bond donors (Lipinski definition) is 0. The number of esters is 1. The van der Waals surface area contributed by atoms with E-state index in [1.165, 1.54) is 26.4 Å². The first-order valence-corrected chi connectivity index (χ1v) is 8.72. The molecule has 8 nitrogen and oxygen atoms in total. The normalized spacial score (nSPS) is 11.1.